The van der Waals surface area contributed by atoms with Gasteiger partial charge in [0.1, 0.15) is 0 Å². The van der Waals surface area contributed by atoms with Crippen LogP contribution >= 0.6 is 12.2 Å². The summed E-state index contributed by atoms with van der Waals surface area (Å²) in [5.41, 5.74) is 3.46. The van der Waals surface area contributed by atoms with E-state index in [1.807, 2.05) is 30.3 Å². The second-order valence-electron chi connectivity index (χ2n) is 4.60. The fraction of sp³-hybridized carbons (Fsp3) is 0.188. The van der Waals surface area contributed by atoms with Crippen molar-refractivity contribution in [3.63, 3.8) is 0 Å². The summed E-state index contributed by atoms with van der Waals surface area (Å²) < 4.78 is 0. The summed E-state index contributed by atoms with van der Waals surface area (Å²) in [5, 5.41) is 7.11. The fourth-order valence-electron chi connectivity index (χ4n) is 1.83. The number of anilines is 1. The maximum atomic E-state index is 5.32. The van der Waals surface area contributed by atoms with Gasteiger partial charge in [-0.25, -0.2) is 0 Å². The normalized spacial score (nSPS) is 11.7. The molecule has 0 radical (unpaired) electrons. The van der Waals surface area contributed by atoms with Gasteiger partial charge in [0.15, 0.2) is 5.11 Å². The molecule has 19 heavy (non-hydrogen) atoms. The van der Waals surface area contributed by atoms with Crippen LogP contribution in [0.3, 0.4) is 0 Å². The molecule has 0 fully saturated rings. The Kier molecular flexibility index (Phi) is 4.53. The molecule has 98 valence electrons. The average Bonchev–Trinajstić information content (AvgIpc) is 2.42. The lowest BCUT2D eigenvalue weighted by molar-refractivity contribution is 0.722. The molecule has 0 aliphatic carbocycles. The smallest absolute Gasteiger partial charge is 0.171 e. The Morgan fingerprint density at radius 2 is 1.63 bits per heavy atom. The van der Waals surface area contributed by atoms with Crippen LogP contribution < -0.4 is 10.6 Å². The molecule has 2 aromatic carbocycles. The van der Waals surface area contributed by atoms with Crippen molar-refractivity contribution in [2.75, 3.05) is 5.32 Å². The van der Waals surface area contributed by atoms with Gasteiger partial charge in [-0.1, -0.05) is 48.0 Å². The maximum absolute atomic E-state index is 5.32. The van der Waals surface area contributed by atoms with Crippen molar-refractivity contribution in [1.29, 1.82) is 0 Å². The molecule has 0 heterocycles. The van der Waals surface area contributed by atoms with E-state index < -0.39 is 0 Å². The van der Waals surface area contributed by atoms with Crippen molar-refractivity contribution in [1.82, 2.24) is 5.32 Å². The molecule has 1 unspecified atom stereocenters. The molecular formula is C16H18N2S. The van der Waals surface area contributed by atoms with Gasteiger partial charge in [0.25, 0.3) is 0 Å². The number of hydrogen-bond donors (Lipinski definition) is 2. The van der Waals surface area contributed by atoms with Crippen LogP contribution in [0, 0.1) is 6.92 Å². The largest absolute Gasteiger partial charge is 0.356 e. The highest BCUT2D eigenvalue weighted by atomic mass is 32.1. The molecule has 0 aliphatic rings. The van der Waals surface area contributed by atoms with E-state index in [0.29, 0.717) is 5.11 Å². The first-order chi connectivity index (χ1) is 9.15. The summed E-state index contributed by atoms with van der Waals surface area (Å²) >= 11 is 5.32. The molecule has 0 saturated heterocycles. The zero-order valence-corrected chi connectivity index (χ0v) is 12.0. The molecular weight excluding hydrogens is 252 g/mol. The summed E-state index contributed by atoms with van der Waals surface area (Å²) in [7, 11) is 0. The monoisotopic (exact) mass is 270 g/mol. The van der Waals surface area contributed by atoms with E-state index in [2.05, 4.69) is 48.7 Å². The van der Waals surface area contributed by atoms with Crippen molar-refractivity contribution in [2.45, 2.75) is 19.9 Å². The van der Waals surface area contributed by atoms with Crippen molar-refractivity contribution in [2.24, 2.45) is 0 Å². The fourth-order valence-corrected chi connectivity index (χ4v) is 2.12. The van der Waals surface area contributed by atoms with Crippen molar-refractivity contribution in [3.05, 3.63) is 65.7 Å². The third-order valence-corrected chi connectivity index (χ3v) is 3.18. The van der Waals surface area contributed by atoms with Crippen LogP contribution in [0.5, 0.6) is 0 Å². The van der Waals surface area contributed by atoms with E-state index >= 15 is 0 Å². The average molecular weight is 270 g/mol. The van der Waals surface area contributed by atoms with Crippen molar-refractivity contribution >= 4 is 23.0 Å². The van der Waals surface area contributed by atoms with E-state index in [4.69, 9.17) is 12.2 Å². The minimum Gasteiger partial charge on any atom is -0.356 e. The molecule has 0 saturated carbocycles. The predicted octanol–water partition coefficient (Wildman–Crippen LogP) is 4.04. The van der Waals surface area contributed by atoms with Crippen molar-refractivity contribution in [3.8, 4) is 0 Å². The van der Waals surface area contributed by atoms with Gasteiger partial charge in [0.05, 0.1) is 6.04 Å². The highest BCUT2D eigenvalue weighted by Crippen LogP contribution is 2.12. The highest BCUT2D eigenvalue weighted by molar-refractivity contribution is 7.80. The van der Waals surface area contributed by atoms with Crippen LogP contribution in [0.1, 0.15) is 24.1 Å². The second-order valence-corrected chi connectivity index (χ2v) is 5.01. The first kappa shape index (κ1) is 13.6. The molecule has 3 heteroatoms. The Morgan fingerprint density at radius 3 is 2.26 bits per heavy atom. The standard InChI is InChI=1S/C16H18N2S/c1-12-8-10-15(11-9-12)18-16(19)17-13(2)14-6-4-3-5-7-14/h3-11,13H,1-2H3,(H2,17,18,19). The lowest BCUT2D eigenvalue weighted by atomic mass is 10.1. The molecule has 2 N–H and O–H groups in total. The lowest BCUT2D eigenvalue weighted by Crippen LogP contribution is -2.30. The number of aryl methyl sites for hydroxylation is 1. The molecule has 2 rings (SSSR count). The first-order valence-electron chi connectivity index (χ1n) is 6.34. The van der Waals surface area contributed by atoms with Gasteiger partial charge >= 0.3 is 0 Å². The predicted molar refractivity (Wildman–Crippen MR) is 85.4 cm³/mol. The van der Waals surface area contributed by atoms with Crippen LogP contribution in [-0.4, -0.2) is 5.11 Å². The van der Waals surface area contributed by atoms with Crippen LogP contribution in [0.2, 0.25) is 0 Å². The van der Waals surface area contributed by atoms with Gasteiger partial charge in [-0.05, 0) is 43.8 Å². The van der Waals surface area contributed by atoms with Gasteiger partial charge in [0, 0.05) is 5.69 Å². The summed E-state index contributed by atoms with van der Waals surface area (Å²) in [5.74, 6) is 0. The summed E-state index contributed by atoms with van der Waals surface area (Å²) in [6.45, 7) is 4.16. The number of thiocarbonyl (C=S) groups is 1. The Balaban J connectivity index is 1.93. The van der Waals surface area contributed by atoms with Gasteiger partial charge in [-0.2, -0.15) is 0 Å². The quantitative estimate of drug-likeness (QED) is 0.823. The van der Waals surface area contributed by atoms with E-state index in [-0.39, 0.29) is 6.04 Å². The van der Waals surface area contributed by atoms with E-state index in [1.54, 1.807) is 0 Å². The SMILES string of the molecule is Cc1ccc(NC(=S)NC(C)c2ccccc2)cc1. The maximum Gasteiger partial charge on any atom is 0.171 e. The highest BCUT2D eigenvalue weighted by Gasteiger charge is 2.06. The van der Waals surface area contributed by atoms with Crippen LogP contribution in [0.25, 0.3) is 0 Å². The third kappa shape index (κ3) is 4.07. The zero-order valence-electron chi connectivity index (χ0n) is 11.2. The molecule has 2 nitrogen and oxygen atoms in total. The number of hydrogen-bond acceptors (Lipinski definition) is 1. The molecule has 2 aromatic rings. The first-order valence-corrected chi connectivity index (χ1v) is 6.75. The number of nitrogens with one attached hydrogen (secondary N) is 2. The van der Waals surface area contributed by atoms with Crippen LogP contribution in [-0.2, 0) is 0 Å². The second kappa shape index (κ2) is 6.34. The molecule has 1 atom stereocenters. The Morgan fingerprint density at radius 1 is 1.00 bits per heavy atom. The van der Waals surface area contributed by atoms with Gasteiger partial charge < -0.3 is 10.6 Å². The Bertz CT molecular complexity index is 534. The number of benzene rings is 2. The lowest BCUT2D eigenvalue weighted by Gasteiger charge is -2.17. The van der Waals surface area contributed by atoms with Gasteiger partial charge in [-0.3, -0.25) is 0 Å². The summed E-state index contributed by atoms with van der Waals surface area (Å²) in [6.07, 6.45) is 0. The van der Waals surface area contributed by atoms with Gasteiger partial charge in [-0.15, -0.1) is 0 Å². The Labute approximate surface area is 119 Å². The van der Waals surface area contributed by atoms with Crippen molar-refractivity contribution < 1.29 is 0 Å². The third-order valence-electron chi connectivity index (χ3n) is 2.96. The minimum atomic E-state index is 0.187. The van der Waals surface area contributed by atoms with Crippen LogP contribution in [0.4, 0.5) is 5.69 Å². The molecule has 0 amide bonds. The van der Waals surface area contributed by atoms with Gasteiger partial charge in [0.2, 0.25) is 0 Å². The minimum absolute atomic E-state index is 0.187. The zero-order chi connectivity index (χ0) is 13.7. The summed E-state index contributed by atoms with van der Waals surface area (Å²) in [4.78, 5) is 0. The molecule has 0 bridgehead atoms. The molecule has 0 aromatic heterocycles. The van der Waals surface area contributed by atoms with Crippen LogP contribution in [0.15, 0.2) is 54.6 Å². The molecule has 0 spiro atoms. The number of rotatable bonds is 3. The van der Waals surface area contributed by atoms with E-state index in [1.165, 1.54) is 11.1 Å². The Hall–Kier alpha value is -1.87. The van der Waals surface area contributed by atoms with E-state index in [9.17, 15) is 0 Å². The summed E-state index contributed by atoms with van der Waals surface area (Å²) in [6, 6.07) is 18.6. The topological polar surface area (TPSA) is 24.1 Å². The van der Waals surface area contributed by atoms with E-state index in [0.717, 1.165) is 5.69 Å². The molecule has 0 aliphatic heterocycles.